The third kappa shape index (κ3) is 3.32. The molecule has 166 valence electrons. The van der Waals surface area contributed by atoms with E-state index in [1.165, 1.54) is 0 Å². The Balaban J connectivity index is 1.32. The van der Waals surface area contributed by atoms with Gasteiger partial charge in [-0.1, -0.05) is 23.7 Å². The van der Waals surface area contributed by atoms with E-state index in [-0.39, 0.29) is 24.3 Å². The molecule has 1 unspecified atom stereocenters. The second kappa shape index (κ2) is 7.81. The summed E-state index contributed by atoms with van der Waals surface area (Å²) >= 11 is 5.98. The first-order chi connectivity index (χ1) is 15.4. The summed E-state index contributed by atoms with van der Waals surface area (Å²) in [6.45, 7) is 4.45. The minimum absolute atomic E-state index is 0.0125. The largest absolute Gasteiger partial charge is 0.368 e. The summed E-state index contributed by atoms with van der Waals surface area (Å²) in [6.07, 6.45) is 0.881. The van der Waals surface area contributed by atoms with Gasteiger partial charge >= 0.3 is 0 Å². The van der Waals surface area contributed by atoms with Crippen molar-refractivity contribution in [1.82, 2.24) is 9.80 Å². The Morgan fingerprint density at radius 1 is 1.00 bits per heavy atom. The lowest BCUT2D eigenvalue weighted by Gasteiger charge is -2.49. The molecular weight excluding hydrogens is 428 g/mol. The summed E-state index contributed by atoms with van der Waals surface area (Å²) in [5, 5.41) is 0.697. The second-order valence-corrected chi connectivity index (χ2v) is 9.14. The predicted octanol–water partition coefficient (Wildman–Crippen LogP) is 2.99. The van der Waals surface area contributed by atoms with Gasteiger partial charge in [-0.3, -0.25) is 19.3 Å². The highest BCUT2D eigenvalue weighted by molar-refractivity contribution is 6.30. The molecular formula is C24H25ClN4O3. The van der Waals surface area contributed by atoms with Crippen molar-refractivity contribution in [2.45, 2.75) is 25.4 Å². The third-order valence-electron chi connectivity index (χ3n) is 6.86. The standard InChI is InChI=1S/C24H25ClN4O3/c1-24-11-10-21(30)29(24)20-5-3-2-4-19(20)23(32)28(24)16-22(31)27-14-12-26(13-15-27)18-8-6-17(25)7-9-18/h2-9H,10-16H2,1H3. The number of hydrogen-bond donors (Lipinski definition) is 0. The van der Waals surface area contributed by atoms with Gasteiger partial charge in [0.2, 0.25) is 11.8 Å². The number of carbonyl (C=O) groups excluding carboxylic acids is 3. The first-order valence-electron chi connectivity index (χ1n) is 10.9. The molecule has 3 amide bonds. The van der Waals surface area contributed by atoms with Gasteiger partial charge in [-0.25, -0.2) is 0 Å². The van der Waals surface area contributed by atoms with Crippen LogP contribution in [-0.4, -0.2) is 65.9 Å². The van der Waals surface area contributed by atoms with Crippen LogP contribution in [0.4, 0.5) is 11.4 Å². The summed E-state index contributed by atoms with van der Waals surface area (Å²) in [5.74, 6) is -0.294. The number of anilines is 2. The molecule has 2 aromatic rings. The molecule has 1 atom stereocenters. The van der Waals surface area contributed by atoms with E-state index in [0.717, 1.165) is 5.69 Å². The van der Waals surface area contributed by atoms with Crippen LogP contribution in [0, 0.1) is 0 Å². The molecule has 3 aliphatic rings. The molecule has 2 fully saturated rings. The number of hydrogen-bond acceptors (Lipinski definition) is 4. The van der Waals surface area contributed by atoms with Gasteiger partial charge in [-0.15, -0.1) is 0 Å². The molecule has 3 aliphatic heterocycles. The Bertz CT molecular complexity index is 1080. The number of amides is 3. The van der Waals surface area contributed by atoms with Crippen LogP contribution in [-0.2, 0) is 9.59 Å². The average molecular weight is 453 g/mol. The van der Waals surface area contributed by atoms with Crippen molar-refractivity contribution >= 4 is 40.7 Å². The molecule has 0 spiro atoms. The van der Waals surface area contributed by atoms with Crippen LogP contribution in [0.2, 0.25) is 5.02 Å². The molecule has 5 rings (SSSR count). The Hall–Kier alpha value is -3.06. The minimum Gasteiger partial charge on any atom is -0.368 e. The van der Waals surface area contributed by atoms with Gasteiger partial charge in [0, 0.05) is 43.3 Å². The van der Waals surface area contributed by atoms with Gasteiger partial charge in [-0.05, 0) is 49.7 Å². The highest BCUT2D eigenvalue weighted by Crippen LogP contribution is 2.43. The molecule has 0 bridgehead atoms. The van der Waals surface area contributed by atoms with E-state index in [9.17, 15) is 14.4 Å². The molecule has 32 heavy (non-hydrogen) atoms. The third-order valence-corrected chi connectivity index (χ3v) is 7.12. The highest BCUT2D eigenvalue weighted by atomic mass is 35.5. The van der Waals surface area contributed by atoms with Crippen LogP contribution in [0.3, 0.4) is 0 Å². The molecule has 0 aliphatic carbocycles. The van der Waals surface area contributed by atoms with Crippen molar-refractivity contribution in [1.29, 1.82) is 0 Å². The summed E-state index contributed by atoms with van der Waals surface area (Å²) in [4.78, 5) is 46.6. The molecule has 0 radical (unpaired) electrons. The molecule has 0 N–H and O–H groups in total. The maximum Gasteiger partial charge on any atom is 0.258 e. The van der Waals surface area contributed by atoms with Gasteiger partial charge in [0.25, 0.3) is 5.91 Å². The molecule has 2 saturated heterocycles. The maximum atomic E-state index is 13.4. The quantitative estimate of drug-likeness (QED) is 0.718. The summed E-state index contributed by atoms with van der Waals surface area (Å²) in [7, 11) is 0. The van der Waals surface area contributed by atoms with Crippen molar-refractivity contribution in [3.63, 3.8) is 0 Å². The van der Waals surface area contributed by atoms with Crippen molar-refractivity contribution < 1.29 is 14.4 Å². The Morgan fingerprint density at radius 3 is 2.41 bits per heavy atom. The van der Waals surface area contributed by atoms with Crippen LogP contribution in [0.5, 0.6) is 0 Å². The Morgan fingerprint density at radius 2 is 1.69 bits per heavy atom. The Labute approximate surface area is 192 Å². The highest BCUT2D eigenvalue weighted by Gasteiger charge is 2.53. The summed E-state index contributed by atoms with van der Waals surface area (Å²) in [6, 6.07) is 14.9. The SMILES string of the molecule is CC12CCC(=O)N1c1ccccc1C(=O)N2CC(=O)N1CCN(c2ccc(Cl)cc2)CC1. The van der Waals surface area contributed by atoms with Gasteiger partial charge in [0.1, 0.15) is 12.2 Å². The lowest BCUT2D eigenvalue weighted by atomic mass is 9.98. The fourth-order valence-corrected chi connectivity index (χ4v) is 5.17. The first kappa shape index (κ1) is 20.8. The number of piperazine rings is 1. The van der Waals surface area contributed by atoms with Crippen molar-refractivity contribution in [3.8, 4) is 0 Å². The number of benzene rings is 2. The van der Waals surface area contributed by atoms with Crippen LogP contribution in [0.25, 0.3) is 0 Å². The van der Waals surface area contributed by atoms with Gasteiger partial charge < -0.3 is 14.7 Å². The summed E-state index contributed by atoms with van der Waals surface area (Å²) < 4.78 is 0. The van der Waals surface area contributed by atoms with E-state index in [0.29, 0.717) is 55.3 Å². The maximum absolute atomic E-state index is 13.4. The van der Waals surface area contributed by atoms with Crippen molar-refractivity contribution in [2.24, 2.45) is 0 Å². The Kier molecular flexibility index (Phi) is 5.08. The minimum atomic E-state index is -0.816. The van der Waals surface area contributed by atoms with Crippen LogP contribution >= 0.6 is 11.6 Å². The number of halogens is 1. The lowest BCUT2D eigenvalue weighted by molar-refractivity contribution is -0.133. The zero-order valence-corrected chi connectivity index (χ0v) is 18.7. The van der Waals surface area contributed by atoms with Crippen LogP contribution in [0.15, 0.2) is 48.5 Å². The van der Waals surface area contributed by atoms with E-state index in [4.69, 9.17) is 11.6 Å². The second-order valence-electron chi connectivity index (χ2n) is 8.70. The molecule has 3 heterocycles. The molecule has 8 heteroatoms. The van der Waals surface area contributed by atoms with Crippen LogP contribution in [0.1, 0.15) is 30.1 Å². The van der Waals surface area contributed by atoms with Gasteiger partial charge in [-0.2, -0.15) is 0 Å². The molecule has 0 saturated carbocycles. The topological polar surface area (TPSA) is 64.2 Å². The van der Waals surface area contributed by atoms with Gasteiger partial charge in [0.05, 0.1) is 11.3 Å². The number of rotatable bonds is 3. The lowest BCUT2D eigenvalue weighted by Crippen LogP contribution is -2.64. The number of para-hydroxylation sites is 1. The van der Waals surface area contributed by atoms with Crippen molar-refractivity contribution in [2.75, 3.05) is 42.5 Å². The summed E-state index contributed by atoms with van der Waals surface area (Å²) in [5.41, 5.74) is 1.38. The molecule has 7 nitrogen and oxygen atoms in total. The number of fused-ring (bicyclic) bond motifs is 3. The van der Waals surface area contributed by atoms with E-state index < -0.39 is 5.66 Å². The zero-order valence-electron chi connectivity index (χ0n) is 18.0. The van der Waals surface area contributed by atoms with E-state index in [2.05, 4.69) is 4.90 Å². The normalized spacial score (nSPS) is 22.8. The van der Waals surface area contributed by atoms with E-state index >= 15 is 0 Å². The molecule has 0 aromatic heterocycles. The zero-order chi connectivity index (χ0) is 22.5. The average Bonchev–Trinajstić information content (AvgIpc) is 3.12. The van der Waals surface area contributed by atoms with E-state index in [1.54, 1.807) is 21.9 Å². The van der Waals surface area contributed by atoms with Crippen molar-refractivity contribution in [3.05, 3.63) is 59.1 Å². The fraction of sp³-hybridized carbons (Fsp3) is 0.375. The molecule has 2 aromatic carbocycles. The smallest absolute Gasteiger partial charge is 0.258 e. The number of carbonyl (C=O) groups is 3. The number of nitrogens with zero attached hydrogens (tertiary/aromatic N) is 4. The first-order valence-corrected chi connectivity index (χ1v) is 11.3. The van der Waals surface area contributed by atoms with E-state index in [1.807, 2.05) is 48.2 Å². The predicted molar refractivity (Wildman–Crippen MR) is 123 cm³/mol. The van der Waals surface area contributed by atoms with Gasteiger partial charge in [0.15, 0.2) is 0 Å². The van der Waals surface area contributed by atoms with Crippen LogP contribution < -0.4 is 9.80 Å². The monoisotopic (exact) mass is 452 g/mol. The fourth-order valence-electron chi connectivity index (χ4n) is 5.04.